The van der Waals surface area contributed by atoms with Gasteiger partial charge in [0.15, 0.2) is 5.16 Å². The summed E-state index contributed by atoms with van der Waals surface area (Å²) in [6, 6.07) is 4.24. The fraction of sp³-hybridized carbons (Fsp3) is 0.286. The van der Waals surface area contributed by atoms with E-state index in [1.165, 1.54) is 35.2 Å². The lowest BCUT2D eigenvalue weighted by molar-refractivity contribution is 0.473. The van der Waals surface area contributed by atoms with Crippen LogP contribution in [0.5, 0.6) is 5.75 Å². The Kier molecular flexibility index (Phi) is 5.42. The van der Waals surface area contributed by atoms with Gasteiger partial charge in [-0.25, -0.2) is 9.78 Å². The summed E-state index contributed by atoms with van der Waals surface area (Å²) in [5.74, 6) is 0.235. The summed E-state index contributed by atoms with van der Waals surface area (Å²) < 4.78 is 6.89. The predicted octanol–water partition coefficient (Wildman–Crippen LogP) is 5.41. The molecule has 0 radical (unpaired) electrons. The second-order valence-corrected chi connectivity index (χ2v) is 9.86. The largest absolute Gasteiger partial charge is 0.506 e. The molecule has 4 rings (SSSR count). The number of thiophene rings is 1. The highest BCUT2D eigenvalue weighted by Crippen LogP contribution is 2.34. The molecule has 0 aliphatic rings. The average molecular weight is 463 g/mol. The van der Waals surface area contributed by atoms with Crippen LogP contribution >= 0.6 is 34.7 Å². The first-order valence-electron chi connectivity index (χ1n) is 9.27. The Balaban J connectivity index is 1.83. The van der Waals surface area contributed by atoms with Gasteiger partial charge in [-0.3, -0.25) is 9.36 Å². The van der Waals surface area contributed by atoms with Gasteiger partial charge in [0, 0.05) is 34.2 Å². The standard InChI is InChI=1S/C21H19ClN2O4S2/c1-9(2)24-20(27)18-10(3)11(4)30-19(18)23-21(24)29-8-12-5-17(26)28-16-7-15(25)14(22)6-13(12)16/h5-7,9,25H,8H2,1-4H3. The normalized spacial score (nSPS) is 11.8. The van der Waals surface area contributed by atoms with E-state index in [4.69, 9.17) is 21.0 Å². The number of aromatic nitrogens is 2. The summed E-state index contributed by atoms with van der Waals surface area (Å²) in [4.78, 5) is 31.8. The number of phenols is 1. The lowest BCUT2D eigenvalue weighted by Crippen LogP contribution is -2.25. The minimum atomic E-state index is -0.519. The van der Waals surface area contributed by atoms with Crippen molar-refractivity contribution in [3.05, 3.63) is 60.0 Å². The Morgan fingerprint density at radius 3 is 2.70 bits per heavy atom. The van der Waals surface area contributed by atoms with Crippen LogP contribution in [0.3, 0.4) is 0 Å². The molecule has 0 unspecified atom stereocenters. The molecule has 30 heavy (non-hydrogen) atoms. The SMILES string of the molecule is Cc1sc2nc(SCc3cc(=O)oc4cc(O)c(Cl)cc34)n(C(C)C)c(=O)c2c1C. The van der Waals surface area contributed by atoms with Gasteiger partial charge >= 0.3 is 5.63 Å². The minimum Gasteiger partial charge on any atom is -0.506 e. The second kappa shape index (κ2) is 7.76. The number of hydrogen-bond acceptors (Lipinski definition) is 7. The first-order valence-corrected chi connectivity index (χ1v) is 11.5. The molecule has 0 aliphatic carbocycles. The van der Waals surface area contributed by atoms with Crippen LogP contribution in [0.1, 0.15) is 35.9 Å². The minimum absolute atomic E-state index is 0.0512. The Bertz CT molecular complexity index is 1420. The van der Waals surface area contributed by atoms with Gasteiger partial charge in [-0.15, -0.1) is 11.3 Å². The van der Waals surface area contributed by atoms with Gasteiger partial charge < -0.3 is 9.52 Å². The summed E-state index contributed by atoms with van der Waals surface area (Å²) in [6.07, 6.45) is 0. The zero-order valence-corrected chi connectivity index (χ0v) is 19.2. The topological polar surface area (TPSA) is 85.3 Å². The molecular formula is C21H19ClN2O4S2. The maximum atomic E-state index is 13.2. The number of thioether (sulfide) groups is 1. The van der Waals surface area contributed by atoms with E-state index in [9.17, 15) is 14.7 Å². The number of hydrogen-bond donors (Lipinski definition) is 1. The van der Waals surface area contributed by atoms with Gasteiger partial charge in [-0.05, 0) is 44.9 Å². The molecule has 0 fully saturated rings. The molecule has 0 saturated carbocycles. The van der Waals surface area contributed by atoms with Crippen molar-refractivity contribution in [3.8, 4) is 5.75 Å². The van der Waals surface area contributed by atoms with Gasteiger partial charge in [0.1, 0.15) is 16.2 Å². The van der Waals surface area contributed by atoms with Gasteiger partial charge in [0.05, 0.1) is 10.4 Å². The second-order valence-electron chi connectivity index (χ2n) is 7.31. The van der Waals surface area contributed by atoms with Gasteiger partial charge in [-0.2, -0.15) is 0 Å². The van der Waals surface area contributed by atoms with E-state index in [2.05, 4.69) is 0 Å². The van der Waals surface area contributed by atoms with Crippen LogP contribution in [0.25, 0.3) is 21.2 Å². The maximum absolute atomic E-state index is 13.2. The van der Waals surface area contributed by atoms with Crippen LogP contribution in [0.15, 0.2) is 37.4 Å². The summed E-state index contributed by atoms with van der Waals surface area (Å²) in [5, 5.41) is 11.9. The molecule has 3 heterocycles. The summed E-state index contributed by atoms with van der Waals surface area (Å²) >= 11 is 8.94. The third-order valence-electron chi connectivity index (χ3n) is 4.97. The number of nitrogens with zero attached hydrogens (tertiary/aromatic N) is 2. The predicted molar refractivity (Wildman–Crippen MR) is 122 cm³/mol. The Morgan fingerprint density at radius 1 is 1.27 bits per heavy atom. The first-order chi connectivity index (χ1) is 14.2. The van der Waals surface area contributed by atoms with Gasteiger partial charge in [0.25, 0.3) is 5.56 Å². The Morgan fingerprint density at radius 2 is 2.00 bits per heavy atom. The Hall–Kier alpha value is -2.29. The number of aryl methyl sites for hydroxylation is 2. The number of rotatable bonds is 4. The zero-order chi connectivity index (χ0) is 21.7. The fourth-order valence-electron chi connectivity index (χ4n) is 3.34. The average Bonchev–Trinajstić information content (AvgIpc) is 2.95. The number of aromatic hydroxyl groups is 1. The van der Waals surface area contributed by atoms with E-state index in [0.717, 1.165) is 15.3 Å². The van der Waals surface area contributed by atoms with Crippen LogP contribution < -0.4 is 11.2 Å². The lowest BCUT2D eigenvalue weighted by atomic mass is 10.1. The molecule has 0 saturated heterocycles. The lowest BCUT2D eigenvalue weighted by Gasteiger charge is -2.15. The highest BCUT2D eigenvalue weighted by atomic mass is 35.5. The van der Waals surface area contributed by atoms with Crippen molar-refractivity contribution in [2.45, 2.75) is 44.6 Å². The van der Waals surface area contributed by atoms with Crippen LogP contribution in [0.4, 0.5) is 0 Å². The van der Waals surface area contributed by atoms with Gasteiger partial charge in [-0.1, -0.05) is 23.4 Å². The van der Waals surface area contributed by atoms with E-state index in [-0.39, 0.29) is 28.0 Å². The van der Waals surface area contributed by atoms with Crippen LogP contribution in [-0.2, 0) is 5.75 Å². The summed E-state index contributed by atoms with van der Waals surface area (Å²) in [7, 11) is 0. The molecule has 0 aliphatic heterocycles. The molecule has 3 aromatic heterocycles. The molecule has 0 bridgehead atoms. The summed E-state index contributed by atoms with van der Waals surface area (Å²) in [5.41, 5.74) is 1.35. The quantitative estimate of drug-likeness (QED) is 0.248. The van der Waals surface area contributed by atoms with Crippen LogP contribution in [0, 0.1) is 13.8 Å². The zero-order valence-electron chi connectivity index (χ0n) is 16.8. The molecule has 4 aromatic rings. The van der Waals surface area contributed by atoms with Crippen molar-refractivity contribution in [3.63, 3.8) is 0 Å². The third-order valence-corrected chi connectivity index (χ3v) is 7.38. The molecule has 6 nitrogen and oxygen atoms in total. The smallest absolute Gasteiger partial charge is 0.336 e. The van der Waals surface area contributed by atoms with E-state index in [0.29, 0.717) is 27.2 Å². The summed E-state index contributed by atoms with van der Waals surface area (Å²) in [6.45, 7) is 7.83. The molecule has 0 amide bonds. The molecule has 156 valence electrons. The van der Waals surface area contributed by atoms with E-state index in [1.807, 2.05) is 27.7 Å². The van der Waals surface area contributed by atoms with Gasteiger partial charge in [0.2, 0.25) is 0 Å². The van der Waals surface area contributed by atoms with Crippen LogP contribution in [0.2, 0.25) is 5.02 Å². The highest BCUT2D eigenvalue weighted by Gasteiger charge is 2.19. The van der Waals surface area contributed by atoms with Crippen molar-refractivity contribution in [1.82, 2.24) is 9.55 Å². The van der Waals surface area contributed by atoms with Crippen molar-refractivity contribution in [2.75, 3.05) is 0 Å². The number of phenolic OH excluding ortho intramolecular Hbond substituents is 1. The number of benzene rings is 1. The number of halogens is 1. The van der Waals surface area contributed by atoms with Crippen molar-refractivity contribution >= 4 is 55.9 Å². The highest BCUT2D eigenvalue weighted by molar-refractivity contribution is 7.98. The molecule has 1 N–H and O–H groups in total. The molecule has 0 spiro atoms. The van der Waals surface area contributed by atoms with E-state index >= 15 is 0 Å². The molecule has 9 heteroatoms. The molecule has 0 atom stereocenters. The van der Waals surface area contributed by atoms with Crippen molar-refractivity contribution in [2.24, 2.45) is 0 Å². The third kappa shape index (κ3) is 3.53. The maximum Gasteiger partial charge on any atom is 0.336 e. The van der Waals surface area contributed by atoms with Crippen LogP contribution in [-0.4, -0.2) is 14.7 Å². The monoisotopic (exact) mass is 462 g/mol. The molecule has 1 aromatic carbocycles. The first kappa shape index (κ1) is 21.0. The van der Waals surface area contributed by atoms with Crippen molar-refractivity contribution < 1.29 is 9.52 Å². The van der Waals surface area contributed by atoms with E-state index in [1.54, 1.807) is 10.6 Å². The number of fused-ring (bicyclic) bond motifs is 2. The van der Waals surface area contributed by atoms with Crippen molar-refractivity contribution in [1.29, 1.82) is 0 Å². The van der Waals surface area contributed by atoms with E-state index < -0.39 is 5.63 Å². The Labute approximate surface area is 185 Å². The molecular weight excluding hydrogens is 444 g/mol. The fourth-order valence-corrected chi connectivity index (χ4v) is 5.70.